The van der Waals surface area contributed by atoms with Crippen LogP contribution >= 0.6 is 0 Å². The number of phenolic OH excluding ortho intramolecular Hbond substituents is 1. The third-order valence-corrected chi connectivity index (χ3v) is 7.18. The Morgan fingerprint density at radius 3 is 1.75 bits per heavy atom. The molecule has 0 amide bonds. The Balaban J connectivity index is 1.51. The number of phenols is 1. The van der Waals surface area contributed by atoms with E-state index in [0.29, 0.717) is 5.95 Å². The van der Waals surface area contributed by atoms with E-state index in [-0.39, 0.29) is 5.75 Å². The van der Waals surface area contributed by atoms with Crippen molar-refractivity contribution < 1.29 is 5.11 Å². The number of aromatic nitrogens is 3. The Hall–Kier alpha value is -3.87. The molecule has 0 radical (unpaired) electrons. The molecule has 3 heterocycles. The van der Waals surface area contributed by atoms with E-state index >= 15 is 0 Å². The highest BCUT2D eigenvalue weighted by Crippen LogP contribution is 2.36. The lowest BCUT2D eigenvalue weighted by atomic mass is 10.1. The number of benzene rings is 3. The molecule has 0 atom stereocenters. The first-order chi connectivity index (χ1) is 17.7. The summed E-state index contributed by atoms with van der Waals surface area (Å²) >= 11 is 0. The Labute approximate surface area is 212 Å². The number of piperidine rings is 2. The summed E-state index contributed by atoms with van der Waals surface area (Å²) in [5, 5.41) is 12.3. The van der Waals surface area contributed by atoms with E-state index in [1.165, 1.54) is 18.2 Å². The fraction of sp³-hybridized carbons (Fsp3) is 0.345. The quantitative estimate of drug-likeness (QED) is 0.366. The van der Waals surface area contributed by atoms with Gasteiger partial charge in [0, 0.05) is 37.6 Å². The van der Waals surface area contributed by atoms with Gasteiger partial charge in [-0.1, -0.05) is 30.3 Å². The van der Waals surface area contributed by atoms with Crippen molar-refractivity contribution in [3.05, 3.63) is 66.7 Å². The van der Waals surface area contributed by atoms with E-state index in [1.54, 1.807) is 12.1 Å². The van der Waals surface area contributed by atoms with Crippen LogP contribution in [0.15, 0.2) is 66.7 Å². The van der Waals surface area contributed by atoms with Gasteiger partial charge in [0.05, 0.1) is 0 Å². The molecule has 2 saturated heterocycles. The van der Waals surface area contributed by atoms with Crippen molar-refractivity contribution in [2.45, 2.75) is 38.5 Å². The van der Waals surface area contributed by atoms with Crippen LogP contribution in [0.3, 0.4) is 0 Å². The highest BCUT2D eigenvalue weighted by Gasteiger charge is 2.24. The first-order valence-electron chi connectivity index (χ1n) is 13.1. The van der Waals surface area contributed by atoms with E-state index in [4.69, 9.17) is 15.0 Å². The number of hydrogen-bond acceptors (Lipinski definition) is 7. The molecule has 1 N–H and O–H groups in total. The lowest BCUT2D eigenvalue weighted by molar-refractivity contribution is 0.475. The molecule has 36 heavy (non-hydrogen) atoms. The SMILES string of the molecule is Oc1ccc(N(c2ccc3ccccc3c2)c2nc(N3CCCCC3)nc(N3CCCCC3)n2)cc1. The fourth-order valence-corrected chi connectivity index (χ4v) is 5.21. The zero-order valence-electron chi connectivity index (χ0n) is 20.6. The summed E-state index contributed by atoms with van der Waals surface area (Å²) in [4.78, 5) is 21.8. The second kappa shape index (κ2) is 10.0. The van der Waals surface area contributed by atoms with E-state index in [2.05, 4.69) is 57.2 Å². The van der Waals surface area contributed by atoms with E-state index in [1.807, 2.05) is 12.1 Å². The molecule has 0 aliphatic carbocycles. The van der Waals surface area contributed by atoms with Crippen molar-refractivity contribution in [3.63, 3.8) is 0 Å². The van der Waals surface area contributed by atoms with E-state index in [0.717, 1.165) is 80.5 Å². The van der Waals surface area contributed by atoms with Gasteiger partial charge in [-0.2, -0.15) is 15.0 Å². The molecule has 2 aliphatic rings. The maximum absolute atomic E-state index is 9.98. The molecule has 7 heteroatoms. The Kier molecular flexibility index (Phi) is 6.28. The molecule has 4 aromatic rings. The summed E-state index contributed by atoms with van der Waals surface area (Å²) in [6, 6.07) is 22.0. The number of hydrogen-bond donors (Lipinski definition) is 1. The molecule has 3 aromatic carbocycles. The lowest BCUT2D eigenvalue weighted by Gasteiger charge is -2.32. The predicted octanol–water partition coefficient (Wildman–Crippen LogP) is 6.18. The molecule has 2 fully saturated rings. The topological polar surface area (TPSA) is 68.6 Å². The van der Waals surface area contributed by atoms with Crippen LogP contribution in [0, 0.1) is 0 Å². The predicted molar refractivity (Wildman–Crippen MR) is 146 cm³/mol. The summed E-state index contributed by atoms with van der Waals surface area (Å²) in [6.45, 7) is 3.88. The average molecular weight is 481 g/mol. The third-order valence-electron chi connectivity index (χ3n) is 7.18. The van der Waals surface area contributed by atoms with Crippen LogP contribution in [-0.4, -0.2) is 46.2 Å². The molecule has 184 valence electrons. The van der Waals surface area contributed by atoms with Crippen molar-refractivity contribution in [2.75, 3.05) is 40.9 Å². The van der Waals surface area contributed by atoms with Crippen LogP contribution < -0.4 is 14.7 Å². The maximum atomic E-state index is 9.98. The molecule has 0 unspecified atom stereocenters. The minimum absolute atomic E-state index is 0.232. The largest absolute Gasteiger partial charge is 0.508 e. The van der Waals surface area contributed by atoms with Crippen molar-refractivity contribution >= 4 is 40.0 Å². The number of anilines is 5. The number of aromatic hydroxyl groups is 1. The second-order valence-electron chi connectivity index (χ2n) is 9.71. The van der Waals surface area contributed by atoms with Gasteiger partial charge in [0.1, 0.15) is 5.75 Å². The van der Waals surface area contributed by atoms with Gasteiger partial charge in [0.25, 0.3) is 0 Å². The van der Waals surface area contributed by atoms with Crippen LogP contribution in [0.5, 0.6) is 5.75 Å². The summed E-state index contributed by atoms with van der Waals surface area (Å²) in [6.07, 6.45) is 7.14. The first-order valence-corrected chi connectivity index (χ1v) is 13.1. The van der Waals surface area contributed by atoms with Crippen LogP contribution in [0.2, 0.25) is 0 Å². The molecule has 0 bridgehead atoms. The van der Waals surface area contributed by atoms with Crippen LogP contribution in [0.25, 0.3) is 10.8 Å². The van der Waals surface area contributed by atoms with Gasteiger partial charge in [-0.15, -0.1) is 0 Å². The van der Waals surface area contributed by atoms with Crippen molar-refractivity contribution in [2.24, 2.45) is 0 Å². The van der Waals surface area contributed by atoms with Gasteiger partial charge in [-0.25, -0.2) is 0 Å². The monoisotopic (exact) mass is 480 g/mol. The average Bonchev–Trinajstić information content (AvgIpc) is 2.95. The minimum atomic E-state index is 0.232. The van der Waals surface area contributed by atoms with Gasteiger partial charge in [0.2, 0.25) is 17.8 Å². The van der Waals surface area contributed by atoms with Crippen molar-refractivity contribution in [1.29, 1.82) is 0 Å². The van der Waals surface area contributed by atoms with Crippen molar-refractivity contribution in [1.82, 2.24) is 15.0 Å². The summed E-state index contributed by atoms with van der Waals surface area (Å²) < 4.78 is 0. The Morgan fingerprint density at radius 1 is 0.583 bits per heavy atom. The highest BCUT2D eigenvalue weighted by atomic mass is 16.3. The van der Waals surface area contributed by atoms with Gasteiger partial charge in [-0.3, -0.25) is 4.90 Å². The fourth-order valence-electron chi connectivity index (χ4n) is 5.21. The Bertz CT molecular complexity index is 1290. The Morgan fingerprint density at radius 2 is 1.14 bits per heavy atom. The van der Waals surface area contributed by atoms with Gasteiger partial charge in [0.15, 0.2) is 0 Å². The summed E-state index contributed by atoms with van der Waals surface area (Å²) in [5.41, 5.74) is 1.86. The van der Waals surface area contributed by atoms with E-state index in [9.17, 15) is 5.11 Å². The zero-order chi connectivity index (χ0) is 24.3. The number of rotatable bonds is 5. The molecular formula is C29H32N6O. The van der Waals surface area contributed by atoms with Gasteiger partial charge >= 0.3 is 0 Å². The molecule has 0 saturated carbocycles. The molecule has 2 aliphatic heterocycles. The zero-order valence-corrected chi connectivity index (χ0v) is 20.6. The van der Waals surface area contributed by atoms with Crippen LogP contribution in [0.4, 0.5) is 29.2 Å². The number of nitrogens with zero attached hydrogens (tertiary/aromatic N) is 6. The lowest BCUT2D eigenvalue weighted by Crippen LogP contribution is -2.35. The van der Waals surface area contributed by atoms with Crippen molar-refractivity contribution in [3.8, 4) is 5.75 Å². The molecule has 7 nitrogen and oxygen atoms in total. The first kappa shape index (κ1) is 22.6. The maximum Gasteiger partial charge on any atom is 0.241 e. The molecule has 0 spiro atoms. The standard InChI is InChI=1S/C29H32N6O/c36-26-15-13-24(14-16-26)35(25-12-11-22-9-3-4-10-23(22)21-25)29-31-27(33-17-5-1-6-18-33)30-28(32-29)34-19-7-2-8-20-34/h3-4,9-16,21,36H,1-2,5-8,17-20H2. The molecule has 1 aromatic heterocycles. The summed E-state index contributed by atoms with van der Waals surface area (Å²) in [7, 11) is 0. The second-order valence-corrected chi connectivity index (χ2v) is 9.71. The van der Waals surface area contributed by atoms with Gasteiger partial charge in [-0.05, 0) is 85.7 Å². The highest BCUT2D eigenvalue weighted by molar-refractivity contribution is 5.88. The number of fused-ring (bicyclic) bond motifs is 1. The van der Waals surface area contributed by atoms with Crippen LogP contribution in [0.1, 0.15) is 38.5 Å². The third kappa shape index (κ3) is 4.65. The smallest absolute Gasteiger partial charge is 0.241 e. The van der Waals surface area contributed by atoms with E-state index < -0.39 is 0 Å². The molecule has 6 rings (SSSR count). The van der Waals surface area contributed by atoms with Crippen LogP contribution in [-0.2, 0) is 0 Å². The van der Waals surface area contributed by atoms with Gasteiger partial charge < -0.3 is 14.9 Å². The minimum Gasteiger partial charge on any atom is -0.508 e. The molecular weight excluding hydrogens is 448 g/mol. The normalized spacial score (nSPS) is 16.3. The summed E-state index contributed by atoms with van der Waals surface area (Å²) in [5.74, 6) is 2.35.